The number of halogens is 1. The minimum atomic E-state index is -0.201. The third-order valence-electron chi connectivity index (χ3n) is 2.43. The second-order valence-electron chi connectivity index (χ2n) is 3.99. The highest BCUT2D eigenvalue weighted by molar-refractivity contribution is 5.26. The van der Waals surface area contributed by atoms with Gasteiger partial charge in [0.15, 0.2) is 0 Å². The lowest BCUT2D eigenvalue weighted by atomic mass is 10.1. The molecular weight excluding hydrogens is 193 g/mol. The second kappa shape index (κ2) is 5.83. The van der Waals surface area contributed by atoms with Gasteiger partial charge in [-0.05, 0) is 36.1 Å². The maximum atomic E-state index is 12.9. The maximum absolute atomic E-state index is 12.9. The van der Waals surface area contributed by atoms with Crippen molar-refractivity contribution in [3.63, 3.8) is 0 Å². The van der Waals surface area contributed by atoms with E-state index in [4.69, 9.17) is 5.11 Å². The summed E-state index contributed by atoms with van der Waals surface area (Å²) in [6, 6.07) is 4.79. The summed E-state index contributed by atoms with van der Waals surface area (Å²) in [6.07, 6.45) is 0. The van der Waals surface area contributed by atoms with E-state index in [-0.39, 0.29) is 18.3 Å². The van der Waals surface area contributed by atoms with Gasteiger partial charge >= 0.3 is 0 Å². The fraction of sp³-hybridized carbons (Fsp3) is 0.500. The Balaban J connectivity index is 2.46. The molecule has 0 aliphatic carbocycles. The summed E-state index contributed by atoms with van der Waals surface area (Å²) in [6.45, 7) is 5.49. The number of benzene rings is 1. The number of rotatable bonds is 5. The Morgan fingerprint density at radius 2 is 2.20 bits per heavy atom. The summed E-state index contributed by atoms with van der Waals surface area (Å²) in [5.41, 5.74) is 2.06. The molecular formula is C12H18FNO. The lowest BCUT2D eigenvalue weighted by molar-refractivity contribution is 0.233. The first-order valence-electron chi connectivity index (χ1n) is 5.20. The van der Waals surface area contributed by atoms with E-state index in [2.05, 4.69) is 5.32 Å². The van der Waals surface area contributed by atoms with Gasteiger partial charge in [0.1, 0.15) is 5.82 Å². The largest absolute Gasteiger partial charge is 0.396 e. The smallest absolute Gasteiger partial charge is 0.123 e. The third kappa shape index (κ3) is 3.98. The van der Waals surface area contributed by atoms with Crippen molar-refractivity contribution in [3.05, 3.63) is 35.1 Å². The SMILES string of the molecule is Cc1ccc(F)cc1CNCC(C)CO. The van der Waals surface area contributed by atoms with E-state index in [1.165, 1.54) is 6.07 Å². The van der Waals surface area contributed by atoms with Crippen LogP contribution >= 0.6 is 0 Å². The van der Waals surface area contributed by atoms with Crippen LogP contribution in [0.3, 0.4) is 0 Å². The predicted molar refractivity (Wildman–Crippen MR) is 59.1 cm³/mol. The molecule has 0 heterocycles. The van der Waals surface area contributed by atoms with Crippen molar-refractivity contribution in [3.8, 4) is 0 Å². The molecule has 2 N–H and O–H groups in total. The van der Waals surface area contributed by atoms with E-state index in [1.807, 2.05) is 13.8 Å². The summed E-state index contributed by atoms with van der Waals surface area (Å²) in [5.74, 6) is 0.0338. The van der Waals surface area contributed by atoms with Gasteiger partial charge in [-0.2, -0.15) is 0 Å². The second-order valence-corrected chi connectivity index (χ2v) is 3.99. The van der Waals surface area contributed by atoms with Crippen LogP contribution < -0.4 is 5.32 Å². The lowest BCUT2D eigenvalue weighted by Crippen LogP contribution is -2.23. The first kappa shape index (κ1) is 12.1. The van der Waals surface area contributed by atoms with Crippen molar-refractivity contribution in [2.75, 3.05) is 13.2 Å². The van der Waals surface area contributed by atoms with Gasteiger partial charge in [0.05, 0.1) is 0 Å². The molecule has 1 atom stereocenters. The Labute approximate surface area is 90.1 Å². The summed E-state index contributed by atoms with van der Waals surface area (Å²) < 4.78 is 12.9. The van der Waals surface area contributed by atoms with Gasteiger partial charge in [-0.25, -0.2) is 4.39 Å². The minimum absolute atomic E-state index is 0.176. The number of aliphatic hydroxyl groups is 1. The lowest BCUT2D eigenvalue weighted by Gasteiger charge is -2.11. The molecule has 84 valence electrons. The maximum Gasteiger partial charge on any atom is 0.123 e. The van der Waals surface area contributed by atoms with Crippen molar-refractivity contribution in [1.82, 2.24) is 5.32 Å². The fourth-order valence-corrected chi connectivity index (χ4v) is 1.35. The summed E-state index contributed by atoms with van der Waals surface area (Å²) in [5, 5.41) is 12.0. The van der Waals surface area contributed by atoms with Crippen LogP contribution in [0.4, 0.5) is 4.39 Å². The van der Waals surface area contributed by atoms with E-state index in [0.29, 0.717) is 6.54 Å². The number of hydrogen-bond acceptors (Lipinski definition) is 2. The van der Waals surface area contributed by atoms with E-state index in [1.54, 1.807) is 12.1 Å². The minimum Gasteiger partial charge on any atom is -0.396 e. The van der Waals surface area contributed by atoms with Gasteiger partial charge in [0.2, 0.25) is 0 Å². The molecule has 0 saturated carbocycles. The predicted octanol–water partition coefficient (Wildman–Crippen LogP) is 1.85. The summed E-state index contributed by atoms with van der Waals surface area (Å²) in [4.78, 5) is 0. The number of hydrogen-bond donors (Lipinski definition) is 2. The van der Waals surface area contributed by atoms with Crippen molar-refractivity contribution >= 4 is 0 Å². The highest BCUT2D eigenvalue weighted by Gasteiger charge is 2.02. The standard InChI is InChI=1S/C12H18FNO/c1-9(8-15)6-14-7-11-5-12(13)4-3-10(11)2/h3-5,9,14-15H,6-8H2,1-2H3. The van der Waals surface area contributed by atoms with E-state index < -0.39 is 0 Å². The van der Waals surface area contributed by atoms with Crippen molar-refractivity contribution in [2.45, 2.75) is 20.4 Å². The van der Waals surface area contributed by atoms with Crippen LogP contribution in [0.25, 0.3) is 0 Å². The van der Waals surface area contributed by atoms with Crippen molar-refractivity contribution in [1.29, 1.82) is 0 Å². The van der Waals surface area contributed by atoms with Gasteiger partial charge in [0.25, 0.3) is 0 Å². The van der Waals surface area contributed by atoms with Gasteiger partial charge in [-0.1, -0.05) is 13.0 Å². The Hall–Kier alpha value is -0.930. The summed E-state index contributed by atoms with van der Waals surface area (Å²) in [7, 11) is 0. The highest BCUT2D eigenvalue weighted by Crippen LogP contribution is 2.09. The highest BCUT2D eigenvalue weighted by atomic mass is 19.1. The van der Waals surface area contributed by atoms with Crippen LogP contribution in [-0.2, 0) is 6.54 Å². The molecule has 0 aliphatic heterocycles. The average molecular weight is 211 g/mol. The zero-order chi connectivity index (χ0) is 11.3. The fourth-order valence-electron chi connectivity index (χ4n) is 1.35. The van der Waals surface area contributed by atoms with E-state index >= 15 is 0 Å². The number of aliphatic hydroxyl groups excluding tert-OH is 1. The quantitative estimate of drug-likeness (QED) is 0.779. The first-order chi connectivity index (χ1) is 7.13. The van der Waals surface area contributed by atoms with Gasteiger partial charge in [-0.15, -0.1) is 0 Å². The molecule has 0 spiro atoms. The molecule has 3 heteroatoms. The van der Waals surface area contributed by atoms with Gasteiger partial charge in [-0.3, -0.25) is 0 Å². The molecule has 1 unspecified atom stereocenters. The first-order valence-corrected chi connectivity index (χ1v) is 5.20. The van der Waals surface area contributed by atoms with Crippen LogP contribution in [-0.4, -0.2) is 18.3 Å². The number of nitrogens with one attached hydrogen (secondary N) is 1. The Morgan fingerprint density at radius 3 is 2.87 bits per heavy atom. The Bertz CT molecular complexity index is 314. The molecule has 0 aliphatic rings. The summed E-state index contributed by atoms with van der Waals surface area (Å²) >= 11 is 0. The molecule has 15 heavy (non-hydrogen) atoms. The number of aryl methyl sites for hydroxylation is 1. The molecule has 0 amide bonds. The van der Waals surface area contributed by atoms with Gasteiger partial charge < -0.3 is 10.4 Å². The van der Waals surface area contributed by atoms with Crippen LogP contribution in [0.1, 0.15) is 18.1 Å². The van der Waals surface area contributed by atoms with Gasteiger partial charge in [0, 0.05) is 19.7 Å². The van der Waals surface area contributed by atoms with Crippen LogP contribution in [0.2, 0.25) is 0 Å². The Kier molecular flexibility index (Phi) is 4.72. The molecule has 0 aromatic heterocycles. The zero-order valence-corrected chi connectivity index (χ0v) is 9.26. The molecule has 1 aromatic rings. The molecule has 0 fully saturated rings. The molecule has 0 radical (unpaired) electrons. The van der Waals surface area contributed by atoms with E-state index in [9.17, 15) is 4.39 Å². The van der Waals surface area contributed by atoms with Crippen LogP contribution in [0, 0.1) is 18.7 Å². The van der Waals surface area contributed by atoms with Crippen molar-refractivity contribution < 1.29 is 9.50 Å². The zero-order valence-electron chi connectivity index (χ0n) is 9.26. The van der Waals surface area contributed by atoms with Crippen molar-refractivity contribution in [2.24, 2.45) is 5.92 Å². The molecule has 2 nitrogen and oxygen atoms in total. The van der Waals surface area contributed by atoms with Crippen LogP contribution in [0.5, 0.6) is 0 Å². The molecule has 0 saturated heterocycles. The van der Waals surface area contributed by atoms with E-state index in [0.717, 1.165) is 17.7 Å². The third-order valence-corrected chi connectivity index (χ3v) is 2.43. The molecule has 0 bridgehead atoms. The average Bonchev–Trinajstić information content (AvgIpc) is 2.23. The van der Waals surface area contributed by atoms with Crippen LogP contribution in [0.15, 0.2) is 18.2 Å². The molecule has 1 aromatic carbocycles. The topological polar surface area (TPSA) is 32.3 Å². The monoisotopic (exact) mass is 211 g/mol. The normalized spacial score (nSPS) is 12.8. The molecule has 1 rings (SSSR count). The Morgan fingerprint density at radius 1 is 1.47 bits per heavy atom.